The monoisotopic (exact) mass is 275 g/mol. The highest BCUT2D eigenvalue weighted by Gasteiger charge is 2.13. The Morgan fingerprint density at radius 3 is 2.74 bits per heavy atom. The Labute approximate surface area is 114 Å². The number of hydrogen-bond donors (Lipinski definition) is 1. The molecule has 5 heteroatoms. The summed E-state index contributed by atoms with van der Waals surface area (Å²) < 4.78 is 15.6. The number of para-hydroxylation sites is 1. The van der Waals surface area contributed by atoms with E-state index in [1.165, 1.54) is 6.07 Å². The summed E-state index contributed by atoms with van der Waals surface area (Å²) in [5.74, 6) is 0.295. The van der Waals surface area contributed by atoms with Gasteiger partial charge in [-0.05, 0) is 30.3 Å². The number of anilines is 1. The first-order chi connectivity index (χ1) is 9.06. The van der Waals surface area contributed by atoms with Gasteiger partial charge in [-0.25, -0.2) is 9.37 Å². The van der Waals surface area contributed by atoms with Gasteiger partial charge < -0.3 is 10.3 Å². The first-order valence-corrected chi connectivity index (χ1v) is 6.11. The van der Waals surface area contributed by atoms with Crippen LogP contribution in [0, 0.1) is 5.82 Å². The van der Waals surface area contributed by atoms with Gasteiger partial charge in [0.15, 0.2) is 5.82 Å². The summed E-state index contributed by atoms with van der Waals surface area (Å²) in [6.45, 7) is 0. The molecule has 3 aromatic rings. The maximum Gasteiger partial charge on any atom is 0.151 e. The van der Waals surface area contributed by atoms with E-state index in [1.807, 2.05) is 17.7 Å². The first-order valence-electron chi connectivity index (χ1n) is 5.73. The van der Waals surface area contributed by atoms with E-state index >= 15 is 0 Å². The molecule has 1 heterocycles. The predicted molar refractivity (Wildman–Crippen MR) is 75.5 cm³/mol. The zero-order valence-electron chi connectivity index (χ0n) is 10.2. The largest absolute Gasteiger partial charge is 0.399 e. The van der Waals surface area contributed by atoms with Crippen molar-refractivity contribution in [2.45, 2.75) is 0 Å². The van der Waals surface area contributed by atoms with Gasteiger partial charge >= 0.3 is 0 Å². The molecule has 96 valence electrons. The lowest BCUT2D eigenvalue weighted by molar-refractivity contribution is 0.637. The zero-order valence-corrected chi connectivity index (χ0v) is 10.9. The van der Waals surface area contributed by atoms with E-state index in [-0.39, 0.29) is 5.82 Å². The minimum atomic E-state index is -0.339. The van der Waals surface area contributed by atoms with Gasteiger partial charge in [0, 0.05) is 23.3 Å². The molecule has 19 heavy (non-hydrogen) atoms. The number of nitrogen functional groups attached to an aromatic ring is 1. The SMILES string of the molecule is Cn1c(-c2cc(N)cc(Cl)c2)nc2c(F)cccc21. The van der Waals surface area contributed by atoms with Gasteiger partial charge in [-0.3, -0.25) is 0 Å². The zero-order chi connectivity index (χ0) is 13.6. The molecule has 0 amide bonds. The Kier molecular flexibility index (Phi) is 2.68. The standard InChI is InChI=1S/C14H11ClFN3/c1-19-12-4-2-3-11(16)13(12)18-14(19)8-5-9(15)7-10(17)6-8/h2-7H,17H2,1H3. The smallest absolute Gasteiger partial charge is 0.151 e. The molecule has 3 nitrogen and oxygen atoms in total. The van der Waals surface area contributed by atoms with Crippen molar-refractivity contribution >= 4 is 28.3 Å². The number of fused-ring (bicyclic) bond motifs is 1. The van der Waals surface area contributed by atoms with Crippen LogP contribution in [-0.2, 0) is 7.05 Å². The van der Waals surface area contributed by atoms with Gasteiger partial charge in [-0.2, -0.15) is 0 Å². The van der Waals surface area contributed by atoms with Crippen LogP contribution >= 0.6 is 11.6 Å². The van der Waals surface area contributed by atoms with E-state index in [9.17, 15) is 4.39 Å². The fourth-order valence-corrected chi connectivity index (χ4v) is 2.42. The third-order valence-corrected chi connectivity index (χ3v) is 3.26. The van der Waals surface area contributed by atoms with Gasteiger partial charge in [0.05, 0.1) is 5.52 Å². The van der Waals surface area contributed by atoms with Gasteiger partial charge in [-0.1, -0.05) is 17.7 Å². The lowest BCUT2D eigenvalue weighted by atomic mass is 10.2. The van der Waals surface area contributed by atoms with Crippen molar-refractivity contribution in [2.75, 3.05) is 5.73 Å². The molecule has 0 bridgehead atoms. The molecule has 0 saturated heterocycles. The molecule has 2 aromatic carbocycles. The molecule has 2 N–H and O–H groups in total. The number of hydrogen-bond acceptors (Lipinski definition) is 2. The first kappa shape index (κ1) is 12.0. The molecule has 0 aliphatic carbocycles. The number of aryl methyl sites for hydroxylation is 1. The van der Waals surface area contributed by atoms with Crippen molar-refractivity contribution in [3.05, 3.63) is 47.2 Å². The Morgan fingerprint density at radius 1 is 1.26 bits per heavy atom. The molecule has 0 radical (unpaired) electrons. The van der Waals surface area contributed by atoms with Crippen molar-refractivity contribution in [1.29, 1.82) is 0 Å². The van der Waals surface area contributed by atoms with Crippen LogP contribution in [0.5, 0.6) is 0 Å². The Balaban J connectivity index is 2.31. The molecule has 1 aromatic heterocycles. The Hall–Kier alpha value is -2.07. The maximum atomic E-state index is 13.7. The van der Waals surface area contributed by atoms with Crippen LogP contribution in [-0.4, -0.2) is 9.55 Å². The van der Waals surface area contributed by atoms with Crippen molar-refractivity contribution in [3.8, 4) is 11.4 Å². The lowest BCUT2D eigenvalue weighted by Gasteiger charge is -2.04. The Bertz CT molecular complexity index is 759. The van der Waals surface area contributed by atoms with E-state index in [2.05, 4.69) is 4.98 Å². The van der Waals surface area contributed by atoms with Crippen LogP contribution in [0.15, 0.2) is 36.4 Å². The highest BCUT2D eigenvalue weighted by molar-refractivity contribution is 6.31. The summed E-state index contributed by atoms with van der Waals surface area (Å²) in [7, 11) is 1.83. The molecule has 0 aliphatic rings. The quantitative estimate of drug-likeness (QED) is 0.690. The van der Waals surface area contributed by atoms with Crippen LogP contribution < -0.4 is 5.73 Å². The molecule has 0 fully saturated rings. The summed E-state index contributed by atoms with van der Waals surface area (Å²) >= 11 is 5.99. The number of halogens is 2. The van der Waals surface area contributed by atoms with E-state index < -0.39 is 0 Å². The maximum absolute atomic E-state index is 13.7. The normalized spacial score (nSPS) is 11.1. The van der Waals surface area contributed by atoms with Crippen LogP contribution in [0.25, 0.3) is 22.4 Å². The summed E-state index contributed by atoms with van der Waals surface area (Å²) in [6, 6.07) is 10.1. The van der Waals surface area contributed by atoms with Crippen molar-refractivity contribution < 1.29 is 4.39 Å². The van der Waals surface area contributed by atoms with Crippen molar-refractivity contribution in [2.24, 2.45) is 7.05 Å². The van der Waals surface area contributed by atoms with Gasteiger partial charge in [-0.15, -0.1) is 0 Å². The van der Waals surface area contributed by atoms with Crippen molar-refractivity contribution in [3.63, 3.8) is 0 Å². The lowest BCUT2D eigenvalue weighted by Crippen LogP contribution is -1.94. The van der Waals surface area contributed by atoms with Crippen LogP contribution in [0.2, 0.25) is 5.02 Å². The van der Waals surface area contributed by atoms with Gasteiger partial charge in [0.25, 0.3) is 0 Å². The summed E-state index contributed by atoms with van der Waals surface area (Å²) in [5, 5.41) is 0.530. The van der Waals surface area contributed by atoms with Gasteiger partial charge in [0.2, 0.25) is 0 Å². The van der Waals surface area contributed by atoms with E-state index in [1.54, 1.807) is 24.3 Å². The highest BCUT2D eigenvalue weighted by atomic mass is 35.5. The van der Waals surface area contributed by atoms with Gasteiger partial charge in [0.1, 0.15) is 11.3 Å². The third-order valence-electron chi connectivity index (χ3n) is 3.04. The highest BCUT2D eigenvalue weighted by Crippen LogP contribution is 2.28. The number of nitrogens with zero attached hydrogens (tertiary/aromatic N) is 2. The second-order valence-electron chi connectivity index (χ2n) is 4.38. The average molecular weight is 276 g/mol. The second kappa shape index (κ2) is 4.24. The molecule has 0 aliphatic heterocycles. The summed E-state index contributed by atoms with van der Waals surface area (Å²) in [4.78, 5) is 4.34. The van der Waals surface area contributed by atoms with E-state index in [0.717, 1.165) is 11.1 Å². The number of imidazole rings is 1. The fourth-order valence-electron chi connectivity index (χ4n) is 2.18. The molecular formula is C14H11ClFN3. The van der Waals surface area contributed by atoms with E-state index in [4.69, 9.17) is 17.3 Å². The molecule has 0 spiro atoms. The average Bonchev–Trinajstić information content (AvgIpc) is 2.68. The van der Waals surface area contributed by atoms with Crippen molar-refractivity contribution in [1.82, 2.24) is 9.55 Å². The minimum absolute atomic E-state index is 0.339. The molecule has 0 unspecified atom stereocenters. The third kappa shape index (κ3) is 1.94. The second-order valence-corrected chi connectivity index (χ2v) is 4.81. The molecule has 0 atom stereocenters. The predicted octanol–water partition coefficient (Wildman–Crippen LogP) is 3.62. The number of nitrogens with two attached hydrogens (primary N) is 1. The number of rotatable bonds is 1. The minimum Gasteiger partial charge on any atom is -0.399 e. The van der Waals surface area contributed by atoms with Crippen LogP contribution in [0.4, 0.5) is 10.1 Å². The summed E-state index contributed by atoms with van der Waals surface area (Å²) in [6.07, 6.45) is 0. The molecular weight excluding hydrogens is 265 g/mol. The van der Waals surface area contributed by atoms with Crippen LogP contribution in [0.3, 0.4) is 0 Å². The topological polar surface area (TPSA) is 43.8 Å². The molecule has 3 rings (SSSR count). The fraction of sp³-hybridized carbons (Fsp3) is 0.0714. The Morgan fingerprint density at radius 2 is 2.05 bits per heavy atom. The number of aromatic nitrogens is 2. The van der Waals surface area contributed by atoms with Crippen LogP contribution in [0.1, 0.15) is 0 Å². The molecule has 0 saturated carbocycles. The summed E-state index contributed by atoms with van der Waals surface area (Å²) in [5.41, 5.74) is 8.17. The van der Waals surface area contributed by atoms with E-state index in [0.29, 0.717) is 22.1 Å². The number of benzene rings is 2.